The summed E-state index contributed by atoms with van der Waals surface area (Å²) < 4.78 is 2.33. The van der Waals surface area contributed by atoms with E-state index < -0.39 is 0 Å². The van der Waals surface area contributed by atoms with Crippen LogP contribution < -0.4 is 5.32 Å². The molecule has 1 saturated heterocycles. The quantitative estimate of drug-likeness (QED) is 0.343. The fourth-order valence-electron chi connectivity index (χ4n) is 5.29. The van der Waals surface area contributed by atoms with Gasteiger partial charge in [0.05, 0.1) is 0 Å². The highest BCUT2D eigenvalue weighted by Crippen LogP contribution is 2.35. The van der Waals surface area contributed by atoms with Crippen molar-refractivity contribution in [2.45, 2.75) is 38.6 Å². The molecular formula is C31H35N3O. The Morgan fingerprint density at radius 2 is 1.63 bits per heavy atom. The molecule has 0 saturated carbocycles. The Hall–Kier alpha value is -3.37. The molecule has 2 heterocycles. The summed E-state index contributed by atoms with van der Waals surface area (Å²) in [6.07, 6.45) is 5.26. The maximum atomic E-state index is 13.1. The third kappa shape index (κ3) is 5.66. The first-order chi connectivity index (χ1) is 17.2. The van der Waals surface area contributed by atoms with Gasteiger partial charge in [0.15, 0.2) is 0 Å². The maximum Gasteiger partial charge on any atom is 0.220 e. The van der Waals surface area contributed by atoms with Crippen LogP contribution in [0, 0.1) is 6.92 Å². The number of nitrogens with one attached hydrogen (secondary N) is 1. The lowest BCUT2D eigenvalue weighted by atomic mass is 9.87. The van der Waals surface area contributed by atoms with Crippen LogP contribution in [0.4, 0.5) is 0 Å². The summed E-state index contributed by atoms with van der Waals surface area (Å²) in [6.45, 7) is 6.89. The van der Waals surface area contributed by atoms with Gasteiger partial charge < -0.3 is 14.8 Å². The normalized spacial score (nSPS) is 14.9. The number of carbonyl (C=O) groups excluding carboxylic acids is 1. The van der Waals surface area contributed by atoms with Gasteiger partial charge in [-0.2, -0.15) is 0 Å². The zero-order chi connectivity index (χ0) is 24.0. The lowest BCUT2D eigenvalue weighted by Crippen LogP contribution is -2.34. The van der Waals surface area contributed by atoms with Gasteiger partial charge >= 0.3 is 0 Å². The van der Waals surface area contributed by atoms with Crippen molar-refractivity contribution in [3.8, 4) is 0 Å². The molecule has 1 aromatic heterocycles. The molecule has 1 N–H and O–H groups in total. The standard InChI is InChI=1S/C31H35N3O/c1-24-13-15-26(16-14-24)28(21-31(35)32-17-20-33-18-7-8-19-33)29-23-34(22-25-9-3-2-4-10-25)30-12-6-5-11-27(29)30/h2-6,9-16,23,28H,7-8,17-22H2,1H3,(H,32,35)/t28-/m1/s1. The first-order valence-electron chi connectivity index (χ1n) is 12.8. The fraction of sp³-hybridized carbons (Fsp3) is 0.323. The number of hydrogen-bond acceptors (Lipinski definition) is 2. The van der Waals surface area contributed by atoms with Crippen LogP contribution >= 0.6 is 0 Å². The van der Waals surface area contributed by atoms with Crippen molar-refractivity contribution in [2.75, 3.05) is 26.2 Å². The van der Waals surface area contributed by atoms with Crippen LogP contribution in [-0.2, 0) is 11.3 Å². The van der Waals surface area contributed by atoms with Crippen LogP contribution in [-0.4, -0.2) is 41.6 Å². The number of benzene rings is 3. The Morgan fingerprint density at radius 1 is 0.914 bits per heavy atom. The van der Waals surface area contributed by atoms with Crippen LogP contribution in [0.5, 0.6) is 0 Å². The van der Waals surface area contributed by atoms with E-state index in [2.05, 4.69) is 107 Å². The number of para-hydroxylation sites is 1. The Kier molecular flexibility index (Phi) is 7.29. The molecule has 1 aliphatic heterocycles. The number of rotatable bonds is 9. The van der Waals surface area contributed by atoms with Gasteiger partial charge in [-0.3, -0.25) is 4.79 Å². The molecule has 1 fully saturated rings. The Morgan fingerprint density at radius 3 is 2.40 bits per heavy atom. The molecule has 180 valence electrons. The summed E-state index contributed by atoms with van der Waals surface area (Å²) in [7, 11) is 0. The molecule has 4 nitrogen and oxygen atoms in total. The van der Waals surface area contributed by atoms with Crippen LogP contribution in [0.15, 0.2) is 85.1 Å². The molecule has 0 bridgehead atoms. The molecule has 0 radical (unpaired) electrons. The van der Waals surface area contributed by atoms with Gasteiger partial charge in [0, 0.05) is 49.1 Å². The fourth-order valence-corrected chi connectivity index (χ4v) is 5.29. The summed E-state index contributed by atoms with van der Waals surface area (Å²) in [4.78, 5) is 15.6. The molecule has 1 aliphatic rings. The number of fused-ring (bicyclic) bond motifs is 1. The maximum absolute atomic E-state index is 13.1. The van der Waals surface area contributed by atoms with E-state index in [-0.39, 0.29) is 11.8 Å². The van der Waals surface area contributed by atoms with Crippen molar-refractivity contribution >= 4 is 16.8 Å². The number of hydrogen-bond donors (Lipinski definition) is 1. The molecule has 0 aliphatic carbocycles. The van der Waals surface area contributed by atoms with Gasteiger partial charge in [0.1, 0.15) is 0 Å². The second-order valence-corrected chi connectivity index (χ2v) is 9.78. The average Bonchev–Trinajstić information content (AvgIpc) is 3.52. The highest BCUT2D eigenvalue weighted by atomic mass is 16.1. The van der Waals surface area contributed by atoms with E-state index >= 15 is 0 Å². The minimum atomic E-state index is 0.00399. The average molecular weight is 466 g/mol. The molecule has 5 rings (SSSR count). The van der Waals surface area contributed by atoms with Gasteiger partial charge in [0.25, 0.3) is 0 Å². The number of likely N-dealkylation sites (tertiary alicyclic amines) is 1. The zero-order valence-corrected chi connectivity index (χ0v) is 20.6. The molecule has 3 aromatic carbocycles. The first kappa shape index (κ1) is 23.4. The van der Waals surface area contributed by atoms with E-state index in [0.717, 1.165) is 32.7 Å². The van der Waals surface area contributed by atoms with Gasteiger partial charge in [-0.05, 0) is 55.6 Å². The summed E-state index contributed by atoms with van der Waals surface area (Å²) in [5, 5.41) is 4.42. The second kappa shape index (κ2) is 10.9. The topological polar surface area (TPSA) is 37.3 Å². The highest BCUT2D eigenvalue weighted by Gasteiger charge is 2.23. The monoisotopic (exact) mass is 465 g/mol. The van der Waals surface area contributed by atoms with Gasteiger partial charge in [0.2, 0.25) is 5.91 Å². The predicted molar refractivity (Wildman–Crippen MR) is 144 cm³/mol. The van der Waals surface area contributed by atoms with Gasteiger partial charge in [-0.1, -0.05) is 78.4 Å². The van der Waals surface area contributed by atoms with E-state index in [1.165, 1.54) is 46.0 Å². The molecule has 35 heavy (non-hydrogen) atoms. The van der Waals surface area contributed by atoms with Crippen molar-refractivity contribution < 1.29 is 4.79 Å². The van der Waals surface area contributed by atoms with E-state index in [1.54, 1.807) is 0 Å². The first-order valence-corrected chi connectivity index (χ1v) is 12.8. The summed E-state index contributed by atoms with van der Waals surface area (Å²) >= 11 is 0. The van der Waals surface area contributed by atoms with Gasteiger partial charge in [-0.15, -0.1) is 0 Å². The molecule has 0 unspecified atom stereocenters. The van der Waals surface area contributed by atoms with Crippen molar-refractivity contribution in [1.82, 2.24) is 14.8 Å². The number of amides is 1. The largest absolute Gasteiger partial charge is 0.355 e. The Labute approximate surface area is 208 Å². The smallest absolute Gasteiger partial charge is 0.220 e. The second-order valence-electron chi connectivity index (χ2n) is 9.78. The van der Waals surface area contributed by atoms with Crippen LogP contribution in [0.25, 0.3) is 10.9 Å². The molecular weight excluding hydrogens is 430 g/mol. The van der Waals surface area contributed by atoms with E-state index in [1.807, 2.05) is 0 Å². The van der Waals surface area contributed by atoms with E-state index in [0.29, 0.717) is 6.42 Å². The minimum Gasteiger partial charge on any atom is -0.355 e. The van der Waals surface area contributed by atoms with E-state index in [9.17, 15) is 4.79 Å². The van der Waals surface area contributed by atoms with Crippen LogP contribution in [0.2, 0.25) is 0 Å². The molecule has 4 heteroatoms. The number of aryl methyl sites for hydroxylation is 1. The lowest BCUT2D eigenvalue weighted by molar-refractivity contribution is -0.121. The lowest BCUT2D eigenvalue weighted by Gasteiger charge is -2.19. The third-order valence-electron chi connectivity index (χ3n) is 7.21. The minimum absolute atomic E-state index is 0.00399. The third-order valence-corrected chi connectivity index (χ3v) is 7.21. The van der Waals surface area contributed by atoms with Crippen molar-refractivity contribution in [2.24, 2.45) is 0 Å². The number of aromatic nitrogens is 1. The molecule has 1 amide bonds. The van der Waals surface area contributed by atoms with Crippen LogP contribution in [0.3, 0.4) is 0 Å². The number of carbonyl (C=O) groups is 1. The SMILES string of the molecule is Cc1ccc([C@@H](CC(=O)NCCN2CCCC2)c2cn(Cc3ccccc3)c3ccccc23)cc1. The Bertz CT molecular complexity index is 1250. The predicted octanol–water partition coefficient (Wildman–Crippen LogP) is 5.73. The van der Waals surface area contributed by atoms with Crippen LogP contribution in [0.1, 0.15) is 47.4 Å². The number of nitrogens with zero attached hydrogens (tertiary/aromatic N) is 2. The zero-order valence-electron chi connectivity index (χ0n) is 20.6. The molecule has 1 atom stereocenters. The summed E-state index contributed by atoms with van der Waals surface area (Å²) in [6, 6.07) is 27.8. The highest BCUT2D eigenvalue weighted by molar-refractivity contribution is 5.86. The summed E-state index contributed by atoms with van der Waals surface area (Å²) in [5.41, 5.74) is 6.11. The van der Waals surface area contributed by atoms with Crippen molar-refractivity contribution in [3.63, 3.8) is 0 Å². The van der Waals surface area contributed by atoms with Gasteiger partial charge in [-0.25, -0.2) is 0 Å². The summed E-state index contributed by atoms with van der Waals surface area (Å²) in [5.74, 6) is 0.124. The molecule has 4 aromatic rings. The molecule has 0 spiro atoms. The van der Waals surface area contributed by atoms with Crippen molar-refractivity contribution in [1.29, 1.82) is 0 Å². The van der Waals surface area contributed by atoms with Crippen molar-refractivity contribution in [3.05, 3.63) is 107 Å². The Balaban J connectivity index is 1.43. The van der Waals surface area contributed by atoms with E-state index in [4.69, 9.17) is 0 Å².